The molecule has 1 saturated carbocycles. The number of benzene rings is 4. The summed E-state index contributed by atoms with van der Waals surface area (Å²) in [5.74, 6) is -0.862. The van der Waals surface area contributed by atoms with Gasteiger partial charge in [0.1, 0.15) is 12.6 Å². The first-order chi connectivity index (χ1) is 23.4. The maximum absolute atomic E-state index is 14.9. The molecule has 49 heavy (non-hydrogen) atoms. The fourth-order valence-electron chi connectivity index (χ4n) is 6.29. The lowest BCUT2D eigenvalue weighted by Gasteiger charge is -2.35. The number of hydrogen-bond acceptors (Lipinski definition) is 4. The van der Waals surface area contributed by atoms with Gasteiger partial charge in [-0.25, -0.2) is 8.42 Å². The molecule has 258 valence electrons. The van der Waals surface area contributed by atoms with E-state index in [4.69, 9.17) is 23.2 Å². The van der Waals surface area contributed by atoms with Crippen LogP contribution in [0.3, 0.4) is 0 Å². The van der Waals surface area contributed by atoms with Crippen molar-refractivity contribution in [1.29, 1.82) is 0 Å². The third-order valence-electron chi connectivity index (χ3n) is 9.13. The second kappa shape index (κ2) is 16.2. The van der Waals surface area contributed by atoms with Gasteiger partial charge in [0.05, 0.1) is 10.6 Å². The standard InChI is InChI=1S/C39H43Cl2N3O4S/c1-27-18-21-32(22-19-27)49(47,48)44(36-23-28(2)17-20-29(36)3)26-38(45)43(25-33-34(40)15-10-16-35(33)41)37(24-30-11-6-4-7-12-30)39(46)42-31-13-8-5-9-14-31/h4,6-7,10-12,15-23,31,37H,5,8-9,13-14,24-26H2,1-3H3,(H,42,46)/t37-/m1/s1. The molecule has 1 atom stereocenters. The van der Waals surface area contributed by atoms with Gasteiger partial charge in [0, 0.05) is 34.6 Å². The quantitative estimate of drug-likeness (QED) is 0.160. The second-order valence-electron chi connectivity index (χ2n) is 12.9. The lowest BCUT2D eigenvalue weighted by atomic mass is 9.94. The van der Waals surface area contributed by atoms with Crippen molar-refractivity contribution in [3.8, 4) is 0 Å². The van der Waals surface area contributed by atoms with E-state index in [0.29, 0.717) is 26.9 Å². The minimum Gasteiger partial charge on any atom is -0.352 e. The molecule has 0 radical (unpaired) electrons. The number of nitrogens with one attached hydrogen (secondary N) is 1. The first-order valence-electron chi connectivity index (χ1n) is 16.7. The molecule has 0 heterocycles. The molecule has 1 N–H and O–H groups in total. The molecule has 1 fully saturated rings. The van der Waals surface area contributed by atoms with E-state index in [1.165, 1.54) is 4.90 Å². The largest absolute Gasteiger partial charge is 0.352 e. The zero-order chi connectivity index (χ0) is 35.1. The van der Waals surface area contributed by atoms with Crippen LogP contribution in [0.2, 0.25) is 10.0 Å². The lowest BCUT2D eigenvalue weighted by Crippen LogP contribution is -2.55. The van der Waals surface area contributed by atoms with E-state index < -0.39 is 28.5 Å². The van der Waals surface area contributed by atoms with Gasteiger partial charge in [-0.05, 0) is 80.6 Å². The molecule has 0 aromatic heterocycles. The minimum atomic E-state index is -4.22. The van der Waals surface area contributed by atoms with Crippen molar-refractivity contribution >= 4 is 50.7 Å². The number of carbonyl (C=O) groups excluding carboxylic acids is 2. The molecule has 5 rings (SSSR count). The van der Waals surface area contributed by atoms with Crippen LogP contribution in [0.4, 0.5) is 5.69 Å². The fraction of sp³-hybridized carbons (Fsp3) is 0.333. The van der Waals surface area contributed by atoms with Crippen molar-refractivity contribution in [2.24, 2.45) is 0 Å². The van der Waals surface area contributed by atoms with Crippen molar-refractivity contribution in [3.63, 3.8) is 0 Å². The van der Waals surface area contributed by atoms with E-state index in [9.17, 15) is 18.0 Å². The second-order valence-corrected chi connectivity index (χ2v) is 15.6. The number of amides is 2. The van der Waals surface area contributed by atoms with E-state index >= 15 is 0 Å². The molecule has 1 aliphatic carbocycles. The van der Waals surface area contributed by atoms with Crippen LogP contribution in [0.5, 0.6) is 0 Å². The summed E-state index contributed by atoms with van der Waals surface area (Å²) in [6.45, 7) is 4.92. The molecule has 1 aliphatic rings. The van der Waals surface area contributed by atoms with Gasteiger partial charge in [-0.15, -0.1) is 0 Å². The molecule has 7 nitrogen and oxygen atoms in total. The summed E-state index contributed by atoms with van der Waals surface area (Å²) in [6, 6.07) is 25.6. The number of rotatable bonds is 12. The van der Waals surface area contributed by atoms with Gasteiger partial charge in [-0.1, -0.05) is 109 Å². The first-order valence-corrected chi connectivity index (χ1v) is 18.9. The van der Waals surface area contributed by atoms with Crippen molar-refractivity contribution < 1.29 is 18.0 Å². The number of hydrogen-bond donors (Lipinski definition) is 1. The average molecular weight is 721 g/mol. The monoisotopic (exact) mass is 719 g/mol. The van der Waals surface area contributed by atoms with Gasteiger partial charge in [-0.3, -0.25) is 13.9 Å². The molecule has 4 aromatic carbocycles. The number of carbonyl (C=O) groups is 2. The molecular formula is C39H43Cl2N3O4S. The highest BCUT2D eigenvalue weighted by Gasteiger charge is 2.36. The van der Waals surface area contributed by atoms with E-state index in [0.717, 1.165) is 53.1 Å². The van der Waals surface area contributed by atoms with Gasteiger partial charge >= 0.3 is 0 Å². The Kier molecular flexibility index (Phi) is 12.1. The van der Waals surface area contributed by atoms with E-state index in [2.05, 4.69) is 5.32 Å². The Labute approximate surface area is 300 Å². The van der Waals surface area contributed by atoms with E-state index in [1.807, 2.05) is 63.2 Å². The molecule has 2 amide bonds. The molecule has 4 aromatic rings. The molecular weight excluding hydrogens is 677 g/mol. The van der Waals surface area contributed by atoms with Gasteiger partial charge in [0.2, 0.25) is 11.8 Å². The molecule has 0 saturated heterocycles. The highest BCUT2D eigenvalue weighted by molar-refractivity contribution is 7.92. The maximum atomic E-state index is 14.9. The van der Waals surface area contributed by atoms with E-state index in [1.54, 1.807) is 48.5 Å². The number of halogens is 2. The molecule has 0 aliphatic heterocycles. The molecule has 0 unspecified atom stereocenters. The summed E-state index contributed by atoms with van der Waals surface area (Å²) in [5.41, 5.74) is 4.14. The molecule has 0 bridgehead atoms. The lowest BCUT2D eigenvalue weighted by molar-refractivity contribution is -0.140. The first kappa shape index (κ1) is 36.4. The normalized spacial score (nSPS) is 14.2. The summed E-state index contributed by atoms with van der Waals surface area (Å²) in [7, 11) is -4.22. The van der Waals surface area contributed by atoms with E-state index in [-0.39, 0.29) is 29.8 Å². The fourth-order valence-corrected chi connectivity index (χ4v) is 8.28. The molecule has 0 spiro atoms. The SMILES string of the molecule is Cc1ccc(S(=O)(=O)N(CC(=O)N(Cc2c(Cl)cccc2Cl)[C@H](Cc2ccccc2)C(=O)NC2CCCCC2)c2cc(C)ccc2C)cc1. The Balaban J connectivity index is 1.61. The minimum absolute atomic E-state index is 0.00580. The topological polar surface area (TPSA) is 86.8 Å². The van der Waals surface area contributed by atoms with Crippen molar-refractivity contribution in [2.75, 3.05) is 10.8 Å². The van der Waals surface area contributed by atoms with Crippen LogP contribution in [-0.4, -0.2) is 43.8 Å². The molecule has 10 heteroatoms. The van der Waals surface area contributed by atoms with Crippen molar-refractivity contribution in [2.45, 2.75) is 82.8 Å². The van der Waals surface area contributed by atoms with Crippen LogP contribution in [0.25, 0.3) is 0 Å². The van der Waals surface area contributed by atoms with Crippen LogP contribution in [0, 0.1) is 20.8 Å². The van der Waals surface area contributed by atoms with Crippen LogP contribution in [-0.2, 0) is 32.6 Å². The number of sulfonamides is 1. The summed E-state index contributed by atoms with van der Waals surface area (Å²) < 4.78 is 30.0. The van der Waals surface area contributed by atoms with Crippen molar-refractivity contribution in [3.05, 3.63) is 129 Å². The van der Waals surface area contributed by atoms with Crippen molar-refractivity contribution in [1.82, 2.24) is 10.2 Å². The van der Waals surface area contributed by atoms with Gasteiger partial charge in [-0.2, -0.15) is 0 Å². The van der Waals surface area contributed by atoms with Gasteiger partial charge in [0.15, 0.2) is 0 Å². The Morgan fingerprint density at radius 2 is 1.45 bits per heavy atom. The smallest absolute Gasteiger partial charge is 0.264 e. The van der Waals surface area contributed by atoms with Crippen LogP contribution >= 0.6 is 23.2 Å². The highest BCUT2D eigenvalue weighted by Crippen LogP contribution is 2.31. The van der Waals surface area contributed by atoms with Gasteiger partial charge in [0.25, 0.3) is 10.0 Å². The van der Waals surface area contributed by atoms with Gasteiger partial charge < -0.3 is 10.2 Å². The zero-order valence-electron chi connectivity index (χ0n) is 28.2. The Morgan fingerprint density at radius 1 is 0.816 bits per heavy atom. The Hall–Kier alpha value is -3.85. The van der Waals surface area contributed by atoms with Crippen LogP contribution < -0.4 is 9.62 Å². The zero-order valence-corrected chi connectivity index (χ0v) is 30.5. The third kappa shape index (κ3) is 9.04. The number of anilines is 1. The predicted octanol–water partition coefficient (Wildman–Crippen LogP) is 8.20. The predicted molar refractivity (Wildman–Crippen MR) is 198 cm³/mol. The average Bonchev–Trinajstić information content (AvgIpc) is 3.08. The van der Waals surface area contributed by atoms with Crippen LogP contribution in [0.15, 0.2) is 95.9 Å². The third-order valence-corrected chi connectivity index (χ3v) is 11.6. The summed E-state index contributed by atoms with van der Waals surface area (Å²) in [5, 5.41) is 3.91. The maximum Gasteiger partial charge on any atom is 0.264 e. The summed E-state index contributed by atoms with van der Waals surface area (Å²) >= 11 is 13.3. The highest BCUT2D eigenvalue weighted by atomic mass is 35.5. The van der Waals surface area contributed by atoms with Crippen LogP contribution in [0.1, 0.15) is 59.9 Å². The summed E-state index contributed by atoms with van der Waals surface area (Å²) in [6.07, 6.45) is 5.11. The summed E-state index contributed by atoms with van der Waals surface area (Å²) in [4.78, 5) is 30.7. The Bertz CT molecular complexity index is 1860. The Morgan fingerprint density at radius 3 is 2.10 bits per heavy atom. The number of nitrogens with zero attached hydrogens (tertiary/aromatic N) is 2. The number of aryl methyl sites for hydroxylation is 3.